The maximum absolute atomic E-state index is 9.05. The zero-order valence-corrected chi connectivity index (χ0v) is 5.33. The molecular formula is C7H12O2. The van der Waals surface area contributed by atoms with Crippen LogP contribution in [-0.2, 0) is 0 Å². The van der Waals surface area contributed by atoms with Crippen molar-refractivity contribution in [1.82, 2.24) is 0 Å². The predicted molar refractivity (Wildman–Crippen MR) is 35.0 cm³/mol. The Balaban J connectivity index is 2.40. The Morgan fingerprint density at radius 2 is 1.44 bits per heavy atom. The van der Waals surface area contributed by atoms with E-state index in [0.29, 0.717) is 19.3 Å². The maximum atomic E-state index is 9.05. The molecule has 0 unspecified atom stereocenters. The van der Waals surface area contributed by atoms with Gasteiger partial charge in [0.05, 0.1) is 12.2 Å². The van der Waals surface area contributed by atoms with E-state index in [0.717, 1.165) is 0 Å². The van der Waals surface area contributed by atoms with Crippen molar-refractivity contribution in [2.45, 2.75) is 31.5 Å². The number of rotatable bonds is 0. The van der Waals surface area contributed by atoms with Crippen molar-refractivity contribution in [2.75, 3.05) is 0 Å². The SMILES string of the molecule is O[C@H]1CC=CC[C@H](O)C1. The Bertz CT molecular complexity index is 97.5. The third kappa shape index (κ3) is 2.16. The lowest BCUT2D eigenvalue weighted by atomic mass is 10.1. The van der Waals surface area contributed by atoms with E-state index in [-0.39, 0.29) is 12.2 Å². The van der Waals surface area contributed by atoms with Crippen LogP contribution in [0.5, 0.6) is 0 Å². The van der Waals surface area contributed by atoms with Gasteiger partial charge in [-0.15, -0.1) is 0 Å². The van der Waals surface area contributed by atoms with E-state index < -0.39 is 0 Å². The minimum Gasteiger partial charge on any atom is -0.393 e. The van der Waals surface area contributed by atoms with E-state index in [1.54, 1.807) is 0 Å². The van der Waals surface area contributed by atoms with Crippen LogP contribution >= 0.6 is 0 Å². The van der Waals surface area contributed by atoms with Crippen LogP contribution in [0, 0.1) is 0 Å². The molecule has 0 heterocycles. The minimum absolute atomic E-state index is 0.334. The summed E-state index contributed by atoms with van der Waals surface area (Å²) in [6, 6.07) is 0. The zero-order valence-electron chi connectivity index (χ0n) is 5.33. The second-order valence-electron chi connectivity index (χ2n) is 2.49. The molecule has 2 nitrogen and oxygen atoms in total. The maximum Gasteiger partial charge on any atom is 0.0599 e. The van der Waals surface area contributed by atoms with Gasteiger partial charge >= 0.3 is 0 Å². The normalized spacial score (nSPS) is 36.2. The molecule has 2 N–H and O–H groups in total. The molecule has 0 aliphatic heterocycles. The molecule has 0 saturated heterocycles. The van der Waals surface area contributed by atoms with Crippen molar-refractivity contribution in [2.24, 2.45) is 0 Å². The van der Waals surface area contributed by atoms with Gasteiger partial charge in [-0.05, 0) is 19.3 Å². The Kier molecular flexibility index (Phi) is 2.25. The summed E-state index contributed by atoms with van der Waals surface area (Å²) in [6.07, 6.45) is 5.07. The molecule has 1 aliphatic rings. The lowest BCUT2D eigenvalue weighted by Crippen LogP contribution is -2.14. The average molecular weight is 128 g/mol. The van der Waals surface area contributed by atoms with E-state index >= 15 is 0 Å². The van der Waals surface area contributed by atoms with Crippen molar-refractivity contribution < 1.29 is 10.2 Å². The molecule has 0 spiro atoms. The topological polar surface area (TPSA) is 40.5 Å². The summed E-state index contributed by atoms with van der Waals surface area (Å²) in [5, 5.41) is 18.1. The fourth-order valence-corrected chi connectivity index (χ4v) is 1.01. The molecular weight excluding hydrogens is 116 g/mol. The quantitative estimate of drug-likeness (QED) is 0.465. The molecule has 9 heavy (non-hydrogen) atoms. The number of aliphatic hydroxyl groups is 2. The number of hydrogen-bond acceptors (Lipinski definition) is 2. The molecule has 0 amide bonds. The average Bonchev–Trinajstić information content (AvgIpc) is 1.93. The molecule has 0 radical (unpaired) electrons. The van der Waals surface area contributed by atoms with Gasteiger partial charge in [0.1, 0.15) is 0 Å². The van der Waals surface area contributed by atoms with Crippen LogP contribution in [-0.4, -0.2) is 22.4 Å². The highest BCUT2D eigenvalue weighted by atomic mass is 16.3. The zero-order chi connectivity index (χ0) is 6.69. The van der Waals surface area contributed by atoms with Crippen molar-refractivity contribution in [3.8, 4) is 0 Å². The summed E-state index contributed by atoms with van der Waals surface area (Å²) in [5.41, 5.74) is 0. The molecule has 0 aromatic heterocycles. The lowest BCUT2D eigenvalue weighted by Gasteiger charge is -2.08. The largest absolute Gasteiger partial charge is 0.393 e. The van der Waals surface area contributed by atoms with Crippen LogP contribution in [0.3, 0.4) is 0 Å². The smallest absolute Gasteiger partial charge is 0.0599 e. The first-order chi connectivity index (χ1) is 4.29. The second-order valence-corrected chi connectivity index (χ2v) is 2.49. The third-order valence-corrected chi connectivity index (χ3v) is 1.53. The van der Waals surface area contributed by atoms with Gasteiger partial charge in [0.2, 0.25) is 0 Å². The van der Waals surface area contributed by atoms with E-state index in [2.05, 4.69) is 0 Å². The van der Waals surface area contributed by atoms with Crippen LogP contribution in [0.15, 0.2) is 12.2 Å². The molecule has 1 aliphatic carbocycles. The Labute approximate surface area is 54.8 Å². The number of hydrogen-bond donors (Lipinski definition) is 2. The Hall–Kier alpha value is -0.340. The summed E-state index contributed by atoms with van der Waals surface area (Å²) >= 11 is 0. The molecule has 1 rings (SSSR count). The van der Waals surface area contributed by atoms with Gasteiger partial charge in [0.15, 0.2) is 0 Å². The summed E-state index contributed by atoms with van der Waals surface area (Å²) in [7, 11) is 0. The first-order valence-electron chi connectivity index (χ1n) is 3.30. The number of aliphatic hydroxyl groups excluding tert-OH is 2. The van der Waals surface area contributed by atoms with Gasteiger partial charge in [0.25, 0.3) is 0 Å². The van der Waals surface area contributed by atoms with Gasteiger partial charge in [-0.25, -0.2) is 0 Å². The van der Waals surface area contributed by atoms with Gasteiger partial charge in [-0.3, -0.25) is 0 Å². The van der Waals surface area contributed by atoms with Crippen molar-refractivity contribution in [1.29, 1.82) is 0 Å². The van der Waals surface area contributed by atoms with Crippen molar-refractivity contribution in [3.63, 3.8) is 0 Å². The summed E-state index contributed by atoms with van der Waals surface area (Å²) < 4.78 is 0. The third-order valence-electron chi connectivity index (χ3n) is 1.53. The van der Waals surface area contributed by atoms with E-state index in [9.17, 15) is 0 Å². The Morgan fingerprint density at radius 3 is 1.89 bits per heavy atom. The first-order valence-corrected chi connectivity index (χ1v) is 3.30. The highest BCUT2D eigenvalue weighted by Crippen LogP contribution is 2.11. The van der Waals surface area contributed by atoms with Crippen LogP contribution < -0.4 is 0 Å². The molecule has 2 heteroatoms. The molecule has 0 saturated carbocycles. The van der Waals surface area contributed by atoms with Crippen LogP contribution in [0.2, 0.25) is 0 Å². The Morgan fingerprint density at radius 1 is 1.00 bits per heavy atom. The molecule has 0 fully saturated rings. The minimum atomic E-state index is -0.334. The van der Waals surface area contributed by atoms with Crippen molar-refractivity contribution in [3.05, 3.63) is 12.2 Å². The standard InChI is InChI=1S/C7H12O2/c8-6-3-1-2-4-7(9)5-6/h1-2,6-9H,3-5H2/t6-,7-/m0/s1. The van der Waals surface area contributed by atoms with Crippen LogP contribution in [0.25, 0.3) is 0 Å². The molecule has 0 aromatic carbocycles. The van der Waals surface area contributed by atoms with Gasteiger partial charge < -0.3 is 10.2 Å². The van der Waals surface area contributed by atoms with E-state index in [1.807, 2.05) is 12.2 Å². The van der Waals surface area contributed by atoms with E-state index in [1.165, 1.54) is 0 Å². The fourth-order valence-electron chi connectivity index (χ4n) is 1.01. The molecule has 0 aromatic rings. The molecule has 0 bridgehead atoms. The van der Waals surface area contributed by atoms with Gasteiger partial charge in [-0.1, -0.05) is 12.2 Å². The van der Waals surface area contributed by atoms with E-state index in [4.69, 9.17) is 10.2 Å². The van der Waals surface area contributed by atoms with Gasteiger partial charge in [0, 0.05) is 0 Å². The van der Waals surface area contributed by atoms with Crippen LogP contribution in [0.4, 0.5) is 0 Å². The summed E-state index contributed by atoms with van der Waals surface area (Å²) in [6.45, 7) is 0. The second kappa shape index (κ2) is 2.99. The fraction of sp³-hybridized carbons (Fsp3) is 0.714. The molecule has 2 atom stereocenters. The molecule has 52 valence electrons. The monoisotopic (exact) mass is 128 g/mol. The van der Waals surface area contributed by atoms with Crippen LogP contribution in [0.1, 0.15) is 19.3 Å². The summed E-state index contributed by atoms with van der Waals surface area (Å²) in [5.74, 6) is 0. The van der Waals surface area contributed by atoms with Crippen molar-refractivity contribution >= 4 is 0 Å². The highest BCUT2D eigenvalue weighted by Gasteiger charge is 2.11. The highest BCUT2D eigenvalue weighted by molar-refractivity contribution is 4.90. The predicted octanol–water partition coefficient (Wildman–Crippen LogP) is 0.448. The lowest BCUT2D eigenvalue weighted by molar-refractivity contribution is 0.0880. The summed E-state index contributed by atoms with van der Waals surface area (Å²) in [4.78, 5) is 0. The first kappa shape index (κ1) is 6.78. The van der Waals surface area contributed by atoms with Gasteiger partial charge in [-0.2, -0.15) is 0 Å².